The third-order valence-electron chi connectivity index (χ3n) is 4.88. The van der Waals surface area contributed by atoms with Gasteiger partial charge in [-0.25, -0.2) is 0 Å². The fraction of sp³-hybridized carbons (Fsp3) is 0.579. The summed E-state index contributed by atoms with van der Waals surface area (Å²) in [4.78, 5) is 25.7. The van der Waals surface area contributed by atoms with Crippen LogP contribution in [-0.2, 0) is 16.1 Å². The van der Waals surface area contributed by atoms with Gasteiger partial charge in [-0.15, -0.1) is 0 Å². The van der Waals surface area contributed by atoms with Crippen LogP contribution < -0.4 is 11.1 Å². The van der Waals surface area contributed by atoms with E-state index in [1.807, 2.05) is 30.3 Å². The number of rotatable bonds is 8. The van der Waals surface area contributed by atoms with Crippen LogP contribution >= 0.6 is 0 Å². The van der Waals surface area contributed by atoms with Gasteiger partial charge in [0.25, 0.3) is 0 Å². The third-order valence-corrected chi connectivity index (χ3v) is 4.88. The Balaban J connectivity index is 1.95. The number of benzene rings is 1. The van der Waals surface area contributed by atoms with Crippen molar-refractivity contribution in [1.82, 2.24) is 10.2 Å². The fourth-order valence-electron chi connectivity index (χ4n) is 3.33. The molecule has 0 saturated carbocycles. The first-order valence-corrected chi connectivity index (χ1v) is 8.87. The van der Waals surface area contributed by atoms with Crippen LogP contribution in [0.4, 0.5) is 0 Å². The maximum Gasteiger partial charge on any atom is 0.223 e. The number of nitrogens with two attached hydrogens (primary N) is 1. The summed E-state index contributed by atoms with van der Waals surface area (Å²) in [5.41, 5.74) is 6.34. The van der Waals surface area contributed by atoms with E-state index in [0.717, 1.165) is 31.5 Å². The zero-order valence-corrected chi connectivity index (χ0v) is 14.5. The smallest absolute Gasteiger partial charge is 0.223 e. The summed E-state index contributed by atoms with van der Waals surface area (Å²) in [5.74, 6) is 0.717. The first-order chi connectivity index (χ1) is 11.6. The summed E-state index contributed by atoms with van der Waals surface area (Å²) in [6, 6.07) is 9.88. The molecule has 5 heteroatoms. The molecule has 1 saturated heterocycles. The van der Waals surface area contributed by atoms with Gasteiger partial charge in [-0.2, -0.15) is 0 Å². The largest absolute Gasteiger partial charge is 0.370 e. The third kappa shape index (κ3) is 5.96. The Bertz CT molecular complexity index is 527. The molecule has 0 spiro atoms. The number of nitrogens with one attached hydrogen (secondary N) is 1. The summed E-state index contributed by atoms with van der Waals surface area (Å²) in [5, 5.41) is 3.36. The van der Waals surface area contributed by atoms with Gasteiger partial charge >= 0.3 is 0 Å². The van der Waals surface area contributed by atoms with Gasteiger partial charge in [0.2, 0.25) is 11.8 Å². The van der Waals surface area contributed by atoms with Gasteiger partial charge in [0.1, 0.15) is 0 Å². The van der Waals surface area contributed by atoms with E-state index in [1.165, 1.54) is 0 Å². The Morgan fingerprint density at radius 1 is 1.25 bits per heavy atom. The monoisotopic (exact) mass is 331 g/mol. The van der Waals surface area contributed by atoms with Gasteiger partial charge in [0.15, 0.2) is 0 Å². The Labute approximate surface area is 144 Å². The second kappa shape index (κ2) is 9.42. The topological polar surface area (TPSA) is 75.4 Å². The molecular formula is C19H29N3O2. The highest BCUT2D eigenvalue weighted by Gasteiger charge is 2.24. The normalized spacial score (nSPS) is 16.5. The number of primary amides is 1. The first-order valence-electron chi connectivity index (χ1n) is 8.87. The van der Waals surface area contributed by atoms with Crippen LogP contribution in [-0.4, -0.2) is 36.3 Å². The van der Waals surface area contributed by atoms with E-state index in [-0.39, 0.29) is 18.2 Å². The number of hydrogen-bond donors (Lipinski definition) is 2. The molecule has 1 aromatic carbocycles. The number of hydrogen-bond acceptors (Lipinski definition) is 3. The lowest BCUT2D eigenvalue weighted by atomic mass is 9.84. The SMILES string of the molecule is CC(CC(=O)N(CCC(N)=O)Cc1ccccc1)C1CCNCC1. The Morgan fingerprint density at radius 3 is 2.54 bits per heavy atom. The van der Waals surface area contributed by atoms with E-state index in [1.54, 1.807) is 4.90 Å². The van der Waals surface area contributed by atoms with Crippen molar-refractivity contribution in [2.45, 2.75) is 39.2 Å². The van der Waals surface area contributed by atoms with Gasteiger partial charge in [0, 0.05) is 25.9 Å². The molecule has 1 aromatic rings. The maximum atomic E-state index is 12.8. The van der Waals surface area contributed by atoms with Crippen molar-refractivity contribution in [2.24, 2.45) is 17.6 Å². The standard InChI is InChI=1S/C19H29N3O2/c1-15(17-7-10-21-11-8-17)13-19(24)22(12-9-18(20)23)14-16-5-3-2-4-6-16/h2-6,15,17,21H,7-14H2,1H3,(H2,20,23). The van der Waals surface area contributed by atoms with E-state index < -0.39 is 0 Å². The molecule has 1 aliphatic rings. The molecule has 0 aromatic heterocycles. The molecule has 2 amide bonds. The predicted octanol–water partition coefficient (Wildman–Crippen LogP) is 1.92. The lowest BCUT2D eigenvalue weighted by Gasteiger charge is -2.30. The average Bonchev–Trinajstić information content (AvgIpc) is 2.60. The van der Waals surface area contributed by atoms with Crippen LogP contribution in [0.2, 0.25) is 0 Å². The molecule has 0 radical (unpaired) electrons. The minimum Gasteiger partial charge on any atom is -0.370 e. The molecule has 0 bridgehead atoms. The predicted molar refractivity (Wildman–Crippen MR) is 95.0 cm³/mol. The zero-order chi connectivity index (χ0) is 17.4. The number of piperidine rings is 1. The number of carbonyl (C=O) groups is 2. The van der Waals surface area contributed by atoms with Crippen molar-refractivity contribution in [3.63, 3.8) is 0 Å². The second-order valence-electron chi connectivity index (χ2n) is 6.79. The molecule has 5 nitrogen and oxygen atoms in total. The Morgan fingerprint density at radius 2 is 1.92 bits per heavy atom. The molecule has 1 atom stereocenters. The zero-order valence-electron chi connectivity index (χ0n) is 14.5. The minimum atomic E-state index is -0.368. The van der Waals surface area contributed by atoms with Gasteiger partial charge in [0.05, 0.1) is 0 Å². The molecule has 1 fully saturated rings. The molecule has 1 unspecified atom stereocenters. The Kier molecular flexibility index (Phi) is 7.25. The van der Waals surface area contributed by atoms with E-state index in [0.29, 0.717) is 31.3 Å². The van der Waals surface area contributed by atoms with E-state index in [2.05, 4.69) is 12.2 Å². The summed E-state index contributed by atoms with van der Waals surface area (Å²) in [7, 11) is 0. The average molecular weight is 331 g/mol. The highest BCUT2D eigenvalue weighted by molar-refractivity contribution is 5.78. The van der Waals surface area contributed by atoms with Crippen LogP contribution in [0.15, 0.2) is 30.3 Å². The summed E-state index contributed by atoms with van der Waals surface area (Å²) >= 11 is 0. The second-order valence-corrected chi connectivity index (χ2v) is 6.79. The Hall–Kier alpha value is -1.88. The number of nitrogens with zero attached hydrogens (tertiary/aromatic N) is 1. The van der Waals surface area contributed by atoms with Crippen LogP contribution in [0, 0.1) is 11.8 Å². The van der Waals surface area contributed by atoms with Crippen molar-refractivity contribution in [2.75, 3.05) is 19.6 Å². The van der Waals surface area contributed by atoms with Crippen molar-refractivity contribution in [3.8, 4) is 0 Å². The van der Waals surface area contributed by atoms with Gasteiger partial charge in [-0.05, 0) is 43.3 Å². The van der Waals surface area contributed by atoms with Crippen LogP contribution in [0.3, 0.4) is 0 Å². The summed E-state index contributed by atoms with van der Waals surface area (Å²) in [6.07, 6.45) is 3.01. The van der Waals surface area contributed by atoms with Gasteiger partial charge in [-0.3, -0.25) is 9.59 Å². The van der Waals surface area contributed by atoms with E-state index in [4.69, 9.17) is 5.73 Å². The molecular weight excluding hydrogens is 302 g/mol. The molecule has 132 valence electrons. The summed E-state index contributed by atoms with van der Waals surface area (Å²) in [6.45, 7) is 5.17. The van der Waals surface area contributed by atoms with Crippen molar-refractivity contribution < 1.29 is 9.59 Å². The van der Waals surface area contributed by atoms with Crippen molar-refractivity contribution in [1.29, 1.82) is 0 Å². The molecule has 1 heterocycles. The van der Waals surface area contributed by atoms with E-state index in [9.17, 15) is 9.59 Å². The van der Waals surface area contributed by atoms with Crippen molar-refractivity contribution in [3.05, 3.63) is 35.9 Å². The quantitative estimate of drug-likeness (QED) is 0.764. The summed E-state index contributed by atoms with van der Waals surface area (Å²) < 4.78 is 0. The van der Waals surface area contributed by atoms with Crippen LogP contribution in [0.5, 0.6) is 0 Å². The molecule has 3 N–H and O–H groups in total. The van der Waals surface area contributed by atoms with Gasteiger partial charge < -0.3 is 16.0 Å². The number of amides is 2. The molecule has 24 heavy (non-hydrogen) atoms. The molecule has 2 rings (SSSR count). The number of carbonyl (C=O) groups excluding carboxylic acids is 2. The van der Waals surface area contributed by atoms with Crippen LogP contribution in [0.1, 0.15) is 38.2 Å². The lowest BCUT2D eigenvalue weighted by Crippen LogP contribution is -2.37. The lowest BCUT2D eigenvalue weighted by molar-refractivity contribution is -0.133. The van der Waals surface area contributed by atoms with Crippen molar-refractivity contribution >= 4 is 11.8 Å². The highest BCUT2D eigenvalue weighted by atomic mass is 16.2. The maximum absolute atomic E-state index is 12.8. The van der Waals surface area contributed by atoms with E-state index >= 15 is 0 Å². The highest BCUT2D eigenvalue weighted by Crippen LogP contribution is 2.25. The van der Waals surface area contributed by atoms with Crippen LogP contribution in [0.25, 0.3) is 0 Å². The minimum absolute atomic E-state index is 0.117. The van der Waals surface area contributed by atoms with Gasteiger partial charge in [-0.1, -0.05) is 37.3 Å². The first kappa shape index (κ1) is 18.5. The molecule has 1 aliphatic heterocycles. The fourth-order valence-corrected chi connectivity index (χ4v) is 3.33. The molecule has 0 aliphatic carbocycles.